The second-order valence-corrected chi connectivity index (χ2v) is 10.2. The van der Waals surface area contributed by atoms with E-state index in [4.69, 9.17) is 5.73 Å². The number of carboxylic acids is 1. The summed E-state index contributed by atoms with van der Waals surface area (Å²) in [4.78, 5) is 22.4. The number of hydrogen-bond donors (Lipinski definition) is 2. The summed E-state index contributed by atoms with van der Waals surface area (Å²) in [5, 5.41) is 11.3. The molecule has 0 aliphatic rings. The first-order valence-corrected chi connectivity index (χ1v) is 13.1. The molecular formula is C22H42NNaO6S. The van der Waals surface area contributed by atoms with Crippen molar-refractivity contribution in [1.82, 2.24) is 0 Å². The third kappa shape index (κ3) is 15.3. The van der Waals surface area contributed by atoms with Crippen LogP contribution in [0.15, 0.2) is 0 Å². The SMILES string of the molecule is CCCCCCCCCCCCCCCCCCC(CC(N)=O)(C(=O)[O-])S(=O)(=O)O.[Na+]. The molecule has 0 saturated carbocycles. The molecule has 1 amide bonds. The Balaban J connectivity index is 0. The molecule has 0 heterocycles. The molecule has 0 aromatic rings. The summed E-state index contributed by atoms with van der Waals surface area (Å²) in [7, 11) is -5.00. The zero-order chi connectivity index (χ0) is 22.9. The fraction of sp³-hybridized carbons (Fsp3) is 0.909. The van der Waals surface area contributed by atoms with Gasteiger partial charge in [-0.3, -0.25) is 9.35 Å². The molecule has 0 aromatic heterocycles. The Morgan fingerprint density at radius 2 is 1.10 bits per heavy atom. The molecule has 0 saturated heterocycles. The van der Waals surface area contributed by atoms with Crippen LogP contribution in [0.4, 0.5) is 0 Å². The summed E-state index contributed by atoms with van der Waals surface area (Å²) in [6, 6.07) is 0. The van der Waals surface area contributed by atoms with Crippen molar-refractivity contribution in [3.8, 4) is 0 Å². The van der Waals surface area contributed by atoms with Gasteiger partial charge < -0.3 is 15.6 Å². The molecule has 1 unspecified atom stereocenters. The number of carbonyl (C=O) groups excluding carboxylic acids is 2. The standard InChI is InChI=1S/C22H43NO6S.Na/c1-2-3-4-5-6-7-8-9-10-11-12-13-14-15-16-17-18-22(21(25)26,19-20(23)24)30(27,28)29;/h2-19H2,1H3,(H2,23,24)(H,25,26)(H,27,28,29);/q;+1/p-1. The second-order valence-electron chi connectivity index (χ2n) is 8.45. The van der Waals surface area contributed by atoms with Crippen molar-refractivity contribution < 1.29 is 57.2 Å². The average molecular weight is 472 g/mol. The average Bonchev–Trinajstić information content (AvgIpc) is 2.65. The predicted octanol–water partition coefficient (Wildman–Crippen LogP) is 0.894. The van der Waals surface area contributed by atoms with Gasteiger partial charge in [-0.1, -0.05) is 110 Å². The van der Waals surface area contributed by atoms with E-state index in [9.17, 15) is 27.7 Å². The van der Waals surface area contributed by atoms with Gasteiger partial charge in [0.25, 0.3) is 10.1 Å². The number of hydrogen-bond acceptors (Lipinski definition) is 5. The fourth-order valence-electron chi connectivity index (χ4n) is 3.83. The minimum Gasteiger partial charge on any atom is -0.548 e. The van der Waals surface area contributed by atoms with Crippen molar-refractivity contribution in [3.63, 3.8) is 0 Å². The van der Waals surface area contributed by atoms with E-state index in [0.29, 0.717) is 6.42 Å². The number of carboxylic acid groups (broad SMARTS) is 1. The number of rotatable bonds is 21. The Hall–Kier alpha value is -0.150. The van der Waals surface area contributed by atoms with E-state index in [-0.39, 0.29) is 42.4 Å². The van der Waals surface area contributed by atoms with Crippen molar-refractivity contribution in [1.29, 1.82) is 0 Å². The smallest absolute Gasteiger partial charge is 0.548 e. The van der Waals surface area contributed by atoms with E-state index in [1.165, 1.54) is 70.6 Å². The molecule has 7 nitrogen and oxygen atoms in total. The largest absolute Gasteiger partial charge is 1.00 e. The maximum atomic E-state index is 11.5. The number of aliphatic carboxylic acids is 1. The molecule has 0 spiro atoms. The molecule has 3 N–H and O–H groups in total. The maximum absolute atomic E-state index is 11.5. The van der Waals surface area contributed by atoms with Crippen molar-refractivity contribution in [2.24, 2.45) is 5.73 Å². The van der Waals surface area contributed by atoms with Crippen LogP contribution in [0.1, 0.15) is 122 Å². The Bertz CT molecular complexity index is 585. The first-order valence-electron chi connectivity index (χ1n) is 11.6. The predicted molar refractivity (Wildman–Crippen MR) is 117 cm³/mol. The van der Waals surface area contributed by atoms with E-state index >= 15 is 0 Å². The zero-order valence-electron chi connectivity index (χ0n) is 19.7. The van der Waals surface area contributed by atoms with Crippen LogP contribution in [0.2, 0.25) is 0 Å². The minimum atomic E-state index is -5.00. The first-order chi connectivity index (χ1) is 14.2. The second kappa shape index (κ2) is 19.3. The molecule has 0 aliphatic heterocycles. The summed E-state index contributed by atoms with van der Waals surface area (Å²) in [6.07, 6.45) is 16.8. The van der Waals surface area contributed by atoms with Gasteiger partial charge >= 0.3 is 29.6 Å². The van der Waals surface area contributed by atoms with Crippen LogP contribution in [0, 0.1) is 0 Å². The molecule has 9 heteroatoms. The van der Waals surface area contributed by atoms with Crippen LogP contribution in [-0.2, 0) is 19.7 Å². The van der Waals surface area contributed by atoms with Crippen LogP contribution in [-0.4, -0.2) is 29.6 Å². The van der Waals surface area contributed by atoms with Gasteiger partial charge in [-0.25, -0.2) is 0 Å². The van der Waals surface area contributed by atoms with Crippen molar-refractivity contribution in [3.05, 3.63) is 0 Å². The Kier molecular flexibility index (Phi) is 20.6. The van der Waals surface area contributed by atoms with Crippen molar-refractivity contribution >= 4 is 22.0 Å². The van der Waals surface area contributed by atoms with Gasteiger partial charge in [-0.15, -0.1) is 0 Å². The van der Waals surface area contributed by atoms with Crippen molar-refractivity contribution in [2.45, 2.75) is 127 Å². The number of carbonyl (C=O) groups is 2. The van der Waals surface area contributed by atoms with Gasteiger partial charge in [0.2, 0.25) is 5.91 Å². The van der Waals surface area contributed by atoms with Gasteiger partial charge in [-0.05, 0) is 6.42 Å². The molecular weight excluding hydrogens is 429 g/mol. The number of unbranched alkanes of at least 4 members (excludes halogenated alkanes) is 15. The van der Waals surface area contributed by atoms with Crippen LogP contribution >= 0.6 is 0 Å². The third-order valence-electron chi connectivity index (χ3n) is 5.76. The molecule has 31 heavy (non-hydrogen) atoms. The first kappa shape index (κ1) is 33.0. The fourth-order valence-corrected chi connectivity index (χ4v) is 4.77. The summed E-state index contributed by atoms with van der Waals surface area (Å²) in [5.41, 5.74) is 4.97. The third-order valence-corrected chi connectivity index (χ3v) is 7.26. The Morgan fingerprint density at radius 1 is 0.774 bits per heavy atom. The molecule has 178 valence electrons. The Morgan fingerprint density at radius 3 is 1.35 bits per heavy atom. The van der Waals surface area contributed by atoms with Crippen LogP contribution in [0.3, 0.4) is 0 Å². The molecule has 0 rings (SSSR count). The van der Waals surface area contributed by atoms with E-state index < -0.39 is 33.2 Å². The van der Waals surface area contributed by atoms with E-state index in [0.717, 1.165) is 19.3 Å². The van der Waals surface area contributed by atoms with Gasteiger partial charge in [0.05, 0.1) is 12.4 Å². The van der Waals surface area contributed by atoms with Gasteiger partial charge in [0.15, 0.2) is 0 Å². The van der Waals surface area contributed by atoms with Crippen LogP contribution in [0.5, 0.6) is 0 Å². The Labute approximate surface area is 211 Å². The van der Waals surface area contributed by atoms with E-state index in [1.807, 2.05) is 0 Å². The van der Waals surface area contributed by atoms with Crippen LogP contribution < -0.4 is 40.4 Å². The minimum absolute atomic E-state index is 0. The van der Waals surface area contributed by atoms with E-state index in [1.54, 1.807) is 0 Å². The summed E-state index contributed by atoms with van der Waals surface area (Å²) in [6.45, 7) is 2.23. The molecule has 0 aromatic carbocycles. The number of amides is 1. The summed E-state index contributed by atoms with van der Waals surface area (Å²) in [5.74, 6) is -3.09. The van der Waals surface area contributed by atoms with Gasteiger partial charge in [-0.2, -0.15) is 8.42 Å². The van der Waals surface area contributed by atoms with Gasteiger partial charge in [0, 0.05) is 0 Å². The molecule has 0 radical (unpaired) electrons. The number of nitrogens with two attached hydrogens (primary N) is 1. The zero-order valence-corrected chi connectivity index (χ0v) is 22.5. The quantitative estimate of drug-likeness (QED) is 0.145. The molecule has 1 atom stereocenters. The molecule has 0 bridgehead atoms. The monoisotopic (exact) mass is 471 g/mol. The molecule has 0 fully saturated rings. The van der Waals surface area contributed by atoms with E-state index in [2.05, 4.69) is 6.92 Å². The van der Waals surface area contributed by atoms with Crippen LogP contribution in [0.25, 0.3) is 0 Å². The van der Waals surface area contributed by atoms with Gasteiger partial charge in [0.1, 0.15) is 4.75 Å². The number of primary amides is 1. The topological polar surface area (TPSA) is 138 Å². The van der Waals surface area contributed by atoms with Crippen molar-refractivity contribution in [2.75, 3.05) is 0 Å². The normalized spacial score (nSPS) is 13.4. The summed E-state index contributed by atoms with van der Waals surface area (Å²) < 4.78 is 29.8. The maximum Gasteiger partial charge on any atom is 1.00 e. The summed E-state index contributed by atoms with van der Waals surface area (Å²) >= 11 is 0. The molecule has 0 aliphatic carbocycles.